The van der Waals surface area contributed by atoms with Crippen LogP contribution in [-0.4, -0.2) is 9.97 Å². The highest BCUT2D eigenvalue weighted by atomic mass is 19.4. The summed E-state index contributed by atoms with van der Waals surface area (Å²) in [7, 11) is 0. The second-order valence-electron chi connectivity index (χ2n) is 3.62. The number of nitrogens with one attached hydrogen (secondary N) is 1. The highest BCUT2D eigenvalue weighted by molar-refractivity contribution is 5.34. The average molecular weight is 288 g/mol. The molecule has 0 unspecified atom stereocenters. The number of alkyl halides is 3. The first-order valence-corrected chi connectivity index (χ1v) is 5.25. The zero-order chi connectivity index (χ0) is 14.8. The lowest BCUT2D eigenvalue weighted by Gasteiger charge is -2.10. The van der Waals surface area contributed by atoms with Crippen LogP contribution in [0.25, 0.3) is 0 Å². The molecule has 0 saturated carbocycles. The fourth-order valence-electron chi connectivity index (χ4n) is 1.34. The van der Waals surface area contributed by atoms with Crippen LogP contribution >= 0.6 is 0 Å². The van der Waals surface area contributed by atoms with Gasteiger partial charge in [-0.15, -0.1) is 0 Å². The molecule has 0 aliphatic heterocycles. The summed E-state index contributed by atoms with van der Waals surface area (Å²) in [6.45, 7) is 0. The minimum absolute atomic E-state index is 0.000189. The normalized spacial score (nSPS) is 11.2. The number of halogens is 4. The molecule has 1 heterocycles. The Labute approximate surface area is 110 Å². The molecule has 0 bridgehead atoms. The first kappa shape index (κ1) is 14.0. The van der Waals surface area contributed by atoms with Crippen LogP contribution in [0, 0.1) is 5.82 Å². The lowest BCUT2D eigenvalue weighted by atomic mass is 10.3. The quantitative estimate of drug-likeness (QED) is 0.516. The van der Waals surface area contributed by atoms with Crippen molar-refractivity contribution in [1.29, 1.82) is 0 Å². The largest absolute Gasteiger partial charge is 0.439 e. The molecule has 0 aliphatic carbocycles. The van der Waals surface area contributed by atoms with E-state index in [0.29, 0.717) is 6.07 Å². The van der Waals surface area contributed by atoms with Gasteiger partial charge in [0.05, 0.1) is 0 Å². The number of ether oxygens (including phenoxy) is 1. The average Bonchev–Trinajstić information content (AvgIpc) is 2.37. The third-order valence-electron chi connectivity index (χ3n) is 2.14. The second kappa shape index (κ2) is 5.29. The standard InChI is InChI=1S/C11H8F4N4O/c12-6-2-1-3-7(4-6)20-9-5-8(11(13,14)15)17-10(18-9)19-16/h1-5H,16H2,(H,17,18,19). The van der Waals surface area contributed by atoms with E-state index in [1.165, 1.54) is 18.2 Å². The Balaban J connectivity index is 2.36. The molecular weight excluding hydrogens is 280 g/mol. The van der Waals surface area contributed by atoms with E-state index in [1.54, 1.807) is 0 Å². The maximum atomic E-state index is 13.0. The van der Waals surface area contributed by atoms with Gasteiger partial charge in [0.1, 0.15) is 11.6 Å². The number of anilines is 1. The second-order valence-corrected chi connectivity index (χ2v) is 3.62. The number of nitrogen functional groups attached to an aromatic ring is 1. The van der Waals surface area contributed by atoms with E-state index in [4.69, 9.17) is 10.6 Å². The van der Waals surface area contributed by atoms with Gasteiger partial charge in [0, 0.05) is 12.1 Å². The number of rotatable bonds is 3. The summed E-state index contributed by atoms with van der Waals surface area (Å²) in [5.74, 6) is 3.52. The van der Waals surface area contributed by atoms with Gasteiger partial charge in [-0.3, -0.25) is 5.43 Å². The van der Waals surface area contributed by atoms with Gasteiger partial charge in [-0.05, 0) is 12.1 Å². The van der Waals surface area contributed by atoms with Crippen LogP contribution in [0.5, 0.6) is 11.6 Å². The molecule has 106 valence electrons. The van der Waals surface area contributed by atoms with Crippen LogP contribution < -0.4 is 16.0 Å². The summed E-state index contributed by atoms with van der Waals surface area (Å²) < 4.78 is 55.8. The molecule has 0 spiro atoms. The number of nitrogens with zero attached hydrogens (tertiary/aromatic N) is 2. The minimum Gasteiger partial charge on any atom is -0.439 e. The molecular formula is C11H8F4N4O. The topological polar surface area (TPSA) is 73.1 Å². The van der Waals surface area contributed by atoms with Crippen molar-refractivity contribution in [2.75, 3.05) is 5.43 Å². The van der Waals surface area contributed by atoms with Crippen molar-refractivity contribution < 1.29 is 22.3 Å². The Morgan fingerprint density at radius 2 is 1.90 bits per heavy atom. The molecule has 2 aromatic rings. The number of aromatic nitrogens is 2. The number of benzene rings is 1. The monoisotopic (exact) mass is 288 g/mol. The third-order valence-corrected chi connectivity index (χ3v) is 2.14. The first-order chi connectivity index (χ1) is 9.38. The van der Waals surface area contributed by atoms with Gasteiger partial charge in [0.15, 0.2) is 5.69 Å². The van der Waals surface area contributed by atoms with Crippen molar-refractivity contribution in [1.82, 2.24) is 9.97 Å². The van der Waals surface area contributed by atoms with Crippen LogP contribution in [0.3, 0.4) is 0 Å². The molecule has 9 heteroatoms. The van der Waals surface area contributed by atoms with Gasteiger partial charge in [-0.1, -0.05) is 6.07 Å². The Kier molecular flexibility index (Phi) is 3.70. The van der Waals surface area contributed by atoms with Crippen molar-refractivity contribution in [3.8, 4) is 11.6 Å². The predicted molar refractivity (Wildman–Crippen MR) is 61.3 cm³/mol. The smallest absolute Gasteiger partial charge is 0.433 e. The van der Waals surface area contributed by atoms with Crippen molar-refractivity contribution in [3.63, 3.8) is 0 Å². The fraction of sp³-hybridized carbons (Fsp3) is 0.0909. The Morgan fingerprint density at radius 1 is 1.15 bits per heavy atom. The molecule has 1 aromatic heterocycles. The highest BCUT2D eigenvalue weighted by Crippen LogP contribution is 2.31. The molecule has 3 N–H and O–H groups in total. The van der Waals surface area contributed by atoms with E-state index in [-0.39, 0.29) is 5.75 Å². The van der Waals surface area contributed by atoms with Crippen molar-refractivity contribution in [2.24, 2.45) is 5.84 Å². The maximum Gasteiger partial charge on any atom is 0.433 e. The molecule has 5 nitrogen and oxygen atoms in total. The lowest BCUT2D eigenvalue weighted by molar-refractivity contribution is -0.141. The number of nitrogens with two attached hydrogens (primary N) is 1. The van der Waals surface area contributed by atoms with Crippen molar-refractivity contribution in [2.45, 2.75) is 6.18 Å². The van der Waals surface area contributed by atoms with Gasteiger partial charge < -0.3 is 4.74 Å². The van der Waals surface area contributed by atoms with Crippen LogP contribution in [-0.2, 0) is 6.18 Å². The SMILES string of the molecule is NNc1nc(Oc2cccc(F)c2)cc(C(F)(F)F)n1. The van der Waals surface area contributed by atoms with E-state index in [0.717, 1.165) is 6.07 Å². The van der Waals surface area contributed by atoms with Gasteiger partial charge >= 0.3 is 6.18 Å². The summed E-state index contributed by atoms with van der Waals surface area (Å²) in [5, 5.41) is 0. The zero-order valence-corrected chi connectivity index (χ0v) is 9.78. The Bertz CT molecular complexity index is 618. The van der Waals surface area contributed by atoms with Gasteiger partial charge in [0.25, 0.3) is 0 Å². The fourth-order valence-corrected chi connectivity index (χ4v) is 1.34. The Hall–Kier alpha value is -2.42. The number of hydrogen-bond acceptors (Lipinski definition) is 5. The molecule has 0 radical (unpaired) electrons. The molecule has 0 saturated heterocycles. The van der Waals surface area contributed by atoms with E-state index >= 15 is 0 Å². The maximum absolute atomic E-state index is 13.0. The molecule has 2 rings (SSSR count). The minimum atomic E-state index is -4.69. The van der Waals surface area contributed by atoms with Gasteiger partial charge in [0.2, 0.25) is 11.8 Å². The number of hydrogen-bond donors (Lipinski definition) is 2. The lowest BCUT2D eigenvalue weighted by Crippen LogP contribution is -2.15. The summed E-state index contributed by atoms with van der Waals surface area (Å²) >= 11 is 0. The zero-order valence-electron chi connectivity index (χ0n) is 9.78. The van der Waals surface area contributed by atoms with Crippen LogP contribution in [0.15, 0.2) is 30.3 Å². The van der Waals surface area contributed by atoms with Gasteiger partial charge in [-0.25, -0.2) is 15.2 Å². The summed E-state index contributed by atoms with van der Waals surface area (Å²) in [6, 6.07) is 5.48. The highest BCUT2D eigenvalue weighted by Gasteiger charge is 2.34. The van der Waals surface area contributed by atoms with Crippen LogP contribution in [0.1, 0.15) is 5.69 Å². The molecule has 20 heavy (non-hydrogen) atoms. The van der Waals surface area contributed by atoms with E-state index in [2.05, 4.69) is 9.97 Å². The molecule has 0 fully saturated rings. The van der Waals surface area contributed by atoms with Crippen LogP contribution in [0.4, 0.5) is 23.5 Å². The predicted octanol–water partition coefficient (Wildman–Crippen LogP) is 2.71. The van der Waals surface area contributed by atoms with Gasteiger partial charge in [-0.2, -0.15) is 18.2 Å². The number of hydrazine groups is 1. The molecule has 0 atom stereocenters. The Morgan fingerprint density at radius 3 is 2.50 bits per heavy atom. The summed E-state index contributed by atoms with van der Waals surface area (Å²) in [4.78, 5) is 6.75. The van der Waals surface area contributed by atoms with E-state index < -0.39 is 29.5 Å². The molecule has 0 amide bonds. The van der Waals surface area contributed by atoms with Crippen LogP contribution in [0.2, 0.25) is 0 Å². The third kappa shape index (κ3) is 3.32. The van der Waals surface area contributed by atoms with E-state index in [1.807, 2.05) is 5.43 Å². The first-order valence-electron chi connectivity index (χ1n) is 5.25. The van der Waals surface area contributed by atoms with Crippen molar-refractivity contribution in [3.05, 3.63) is 41.8 Å². The molecule has 1 aromatic carbocycles. The van der Waals surface area contributed by atoms with E-state index in [9.17, 15) is 17.6 Å². The summed E-state index contributed by atoms with van der Waals surface area (Å²) in [6.07, 6.45) is -4.69. The summed E-state index contributed by atoms with van der Waals surface area (Å²) in [5.41, 5.74) is 0.671. The molecule has 0 aliphatic rings. The van der Waals surface area contributed by atoms with Crippen molar-refractivity contribution >= 4 is 5.95 Å².